The molecule has 0 fully saturated rings. The molecule has 0 saturated heterocycles. The first-order chi connectivity index (χ1) is 13.2. The fraction of sp³-hybridized carbons (Fsp3) is 0.238. The van der Waals surface area contributed by atoms with Crippen LogP contribution in [0.15, 0.2) is 54.9 Å². The van der Waals surface area contributed by atoms with Gasteiger partial charge in [0.05, 0.1) is 5.92 Å². The molecule has 0 unspecified atom stereocenters. The van der Waals surface area contributed by atoms with Crippen molar-refractivity contribution >= 4 is 42.6 Å². The smallest absolute Gasteiger partial charge is 0.423 e. The predicted octanol–water partition coefficient (Wildman–Crippen LogP) is 1.46. The maximum absolute atomic E-state index is 13.1. The highest BCUT2D eigenvalue weighted by Gasteiger charge is 2.30. The van der Waals surface area contributed by atoms with Crippen molar-refractivity contribution in [3.05, 3.63) is 71.5 Å². The molecule has 0 amide bonds. The van der Waals surface area contributed by atoms with Gasteiger partial charge in [-0.2, -0.15) is 13.5 Å². The van der Waals surface area contributed by atoms with E-state index in [-0.39, 0.29) is 25.8 Å². The summed E-state index contributed by atoms with van der Waals surface area (Å²) in [6.07, 6.45) is 4.56. The van der Waals surface area contributed by atoms with E-state index in [0.717, 1.165) is 32.9 Å². The summed E-state index contributed by atoms with van der Waals surface area (Å²) < 4.78 is 5.30. The second-order valence-electron chi connectivity index (χ2n) is 6.88. The van der Waals surface area contributed by atoms with Gasteiger partial charge in [-0.1, -0.05) is 36.4 Å². The first-order valence-corrected chi connectivity index (χ1v) is 9.14. The standard InChI is InChI=1S/C21H21BN2O3.H2S/c23-12-19(17-2-1-3-20-18(17)7-9-27-22(20)26)21(25)11-14-4-5-16-13-24-8-6-15(16)10-14;/h1-6,8,10,13,19,26H,7,9,11-12,23H2;1H2/t19-;/m1./s1. The molecule has 1 atom stereocenters. The van der Waals surface area contributed by atoms with Crippen LogP contribution in [0.1, 0.15) is 22.6 Å². The summed E-state index contributed by atoms with van der Waals surface area (Å²) in [7, 11) is -0.934. The number of aromatic nitrogens is 1. The van der Waals surface area contributed by atoms with E-state index >= 15 is 0 Å². The zero-order valence-corrected chi connectivity index (χ0v) is 16.5. The van der Waals surface area contributed by atoms with Crippen molar-refractivity contribution in [2.75, 3.05) is 13.2 Å². The molecule has 2 heterocycles. The van der Waals surface area contributed by atoms with E-state index in [1.54, 1.807) is 6.20 Å². The van der Waals surface area contributed by atoms with Crippen molar-refractivity contribution in [3.8, 4) is 0 Å². The van der Waals surface area contributed by atoms with Crippen molar-refractivity contribution in [2.24, 2.45) is 5.73 Å². The molecule has 1 aliphatic heterocycles. The third-order valence-corrected chi connectivity index (χ3v) is 5.23. The van der Waals surface area contributed by atoms with Gasteiger partial charge in [0.25, 0.3) is 0 Å². The average Bonchev–Trinajstić information content (AvgIpc) is 2.69. The fourth-order valence-corrected chi connectivity index (χ4v) is 3.83. The Morgan fingerprint density at radius 1 is 1.25 bits per heavy atom. The number of nitrogens with two attached hydrogens (primary N) is 1. The Morgan fingerprint density at radius 2 is 2.11 bits per heavy atom. The van der Waals surface area contributed by atoms with Crippen molar-refractivity contribution in [2.45, 2.75) is 18.8 Å². The molecule has 0 bridgehead atoms. The van der Waals surface area contributed by atoms with E-state index in [2.05, 4.69) is 4.98 Å². The number of pyridine rings is 1. The van der Waals surface area contributed by atoms with Gasteiger partial charge in [-0.25, -0.2) is 0 Å². The van der Waals surface area contributed by atoms with Crippen LogP contribution in [0.4, 0.5) is 0 Å². The summed E-state index contributed by atoms with van der Waals surface area (Å²) >= 11 is 0. The summed E-state index contributed by atoms with van der Waals surface area (Å²) in [5.74, 6) is -0.307. The molecular weight excluding hydrogens is 371 g/mol. The normalized spacial score (nSPS) is 14.3. The molecule has 0 aliphatic carbocycles. The van der Waals surface area contributed by atoms with Crippen LogP contribution < -0.4 is 11.2 Å². The van der Waals surface area contributed by atoms with Crippen LogP contribution >= 0.6 is 13.5 Å². The monoisotopic (exact) mass is 394 g/mol. The molecule has 1 aliphatic rings. The number of hydrogen-bond acceptors (Lipinski definition) is 5. The molecule has 144 valence electrons. The van der Waals surface area contributed by atoms with Crippen LogP contribution in [0.2, 0.25) is 0 Å². The molecule has 28 heavy (non-hydrogen) atoms. The van der Waals surface area contributed by atoms with Crippen LogP contribution in [0.25, 0.3) is 10.8 Å². The van der Waals surface area contributed by atoms with E-state index in [9.17, 15) is 9.82 Å². The number of nitrogens with zero attached hydrogens (tertiary/aromatic N) is 1. The first-order valence-electron chi connectivity index (χ1n) is 9.14. The quantitative estimate of drug-likeness (QED) is 0.640. The van der Waals surface area contributed by atoms with Crippen molar-refractivity contribution < 1.29 is 14.5 Å². The molecule has 2 aromatic carbocycles. The van der Waals surface area contributed by atoms with Crippen LogP contribution in [-0.2, 0) is 22.3 Å². The minimum atomic E-state index is -0.934. The molecule has 5 nitrogen and oxygen atoms in total. The first kappa shape index (κ1) is 20.5. The Bertz CT molecular complexity index is 998. The number of hydrogen-bond donors (Lipinski definition) is 2. The third-order valence-electron chi connectivity index (χ3n) is 5.23. The Balaban J connectivity index is 0.00000225. The SMILES string of the molecule is NC[C@@H](C(=O)Cc1ccc2cnccc2c1)c1cccc2c1CCOB2O.S. The van der Waals surface area contributed by atoms with Gasteiger partial charge in [-0.3, -0.25) is 9.78 Å². The van der Waals surface area contributed by atoms with Gasteiger partial charge in [0.2, 0.25) is 0 Å². The van der Waals surface area contributed by atoms with E-state index in [4.69, 9.17) is 10.4 Å². The van der Waals surface area contributed by atoms with E-state index in [0.29, 0.717) is 19.4 Å². The molecule has 0 saturated carbocycles. The van der Waals surface area contributed by atoms with Gasteiger partial charge in [0, 0.05) is 37.4 Å². The Labute approximate surface area is 171 Å². The summed E-state index contributed by atoms with van der Waals surface area (Å²) in [5, 5.41) is 12.2. The third kappa shape index (κ3) is 3.98. The molecular formula is C21H23BN2O3S. The molecule has 0 spiro atoms. The molecule has 7 heteroatoms. The highest BCUT2D eigenvalue weighted by molar-refractivity contribution is 7.59. The Kier molecular flexibility index (Phi) is 6.51. The lowest BCUT2D eigenvalue weighted by Crippen LogP contribution is -2.42. The lowest BCUT2D eigenvalue weighted by Gasteiger charge is -2.25. The summed E-state index contributed by atoms with van der Waals surface area (Å²) in [5.41, 5.74) is 9.60. The van der Waals surface area contributed by atoms with Crippen LogP contribution in [-0.4, -0.2) is 36.1 Å². The number of fused-ring (bicyclic) bond motifs is 2. The minimum Gasteiger partial charge on any atom is -0.423 e. The Morgan fingerprint density at radius 3 is 2.93 bits per heavy atom. The number of Topliss-reactive ketones (excluding diaryl/α,β-unsaturated/α-hetero) is 1. The van der Waals surface area contributed by atoms with Crippen LogP contribution in [0.3, 0.4) is 0 Å². The maximum Gasteiger partial charge on any atom is 0.491 e. The number of carbonyl (C=O) groups excluding carboxylic acids is 1. The summed E-state index contributed by atoms with van der Waals surface area (Å²) in [6.45, 7) is 0.680. The second-order valence-corrected chi connectivity index (χ2v) is 6.88. The zero-order valence-electron chi connectivity index (χ0n) is 15.5. The van der Waals surface area contributed by atoms with Crippen LogP contribution in [0, 0.1) is 0 Å². The number of ketones is 1. The van der Waals surface area contributed by atoms with Crippen molar-refractivity contribution in [3.63, 3.8) is 0 Å². The van der Waals surface area contributed by atoms with E-state index in [1.165, 1.54) is 0 Å². The largest absolute Gasteiger partial charge is 0.491 e. The molecule has 3 N–H and O–H groups in total. The highest BCUT2D eigenvalue weighted by atomic mass is 32.1. The van der Waals surface area contributed by atoms with Gasteiger partial charge < -0.3 is 15.4 Å². The van der Waals surface area contributed by atoms with Crippen molar-refractivity contribution in [1.29, 1.82) is 0 Å². The lowest BCUT2D eigenvalue weighted by atomic mass is 9.70. The second kappa shape index (κ2) is 8.88. The lowest BCUT2D eigenvalue weighted by molar-refractivity contribution is -0.119. The van der Waals surface area contributed by atoms with Crippen LogP contribution in [0.5, 0.6) is 0 Å². The number of benzene rings is 2. The highest BCUT2D eigenvalue weighted by Crippen LogP contribution is 2.24. The maximum atomic E-state index is 13.1. The van der Waals surface area contributed by atoms with Gasteiger partial charge in [-0.15, -0.1) is 0 Å². The fourth-order valence-electron chi connectivity index (χ4n) is 3.83. The number of carbonyl (C=O) groups is 1. The van der Waals surface area contributed by atoms with Gasteiger partial charge in [-0.05, 0) is 40.0 Å². The van der Waals surface area contributed by atoms with Gasteiger partial charge in [0.1, 0.15) is 5.78 Å². The molecule has 0 radical (unpaired) electrons. The number of rotatable bonds is 5. The Hall–Kier alpha value is -2.19. The average molecular weight is 394 g/mol. The summed E-state index contributed by atoms with van der Waals surface area (Å²) in [4.78, 5) is 17.2. The minimum absolute atomic E-state index is 0. The van der Waals surface area contributed by atoms with E-state index < -0.39 is 13.0 Å². The summed E-state index contributed by atoms with van der Waals surface area (Å²) in [6, 6.07) is 13.6. The van der Waals surface area contributed by atoms with Gasteiger partial charge in [0.15, 0.2) is 0 Å². The topological polar surface area (TPSA) is 85.4 Å². The molecule has 3 aromatic rings. The van der Waals surface area contributed by atoms with Crippen molar-refractivity contribution in [1.82, 2.24) is 4.98 Å². The zero-order chi connectivity index (χ0) is 18.8. The predicted molar refractivity (Wildman–Crippen MR) is 116 cm³/mol. The van der Waals surface area contributed by atoms with Gasteiger partial charge >= 0.3 is 7.12 Å². The molecule has 1 aromatic heterocycles. The van der Waals surface area contributed by atoms with E-state index in [1.807, 2.05) is 48.7 Å². The molecule has 4 rings (SSSR count).